The number of carbonyl (C=O) groups is 1. The number of hydrogen-bond donors (Lipinski definition) is 0. The van der Waals surface area contributed by atoms with Gasteiger partial charge in [0.05, 0.1) is 12.6 Å². The Hall–Kier alpha value is -1.55. The van der Waals surface area contributed by atoms with Crippen LogP contribution < -0.4 is 4.74 Å². The van der Waals surface area contributed by atoms with E-state index in [0.717, 1.165) is 12.3 Å². The van der Waals surface area contributed by atoms with Crippen LogP contribution in [0.25, 0.3) is 0 Å². The number of nitrogens with zero attached hydrogens (tertiary/aromatic N) is 2. The van der Waals surface area contributed by atoms with Crippen molar-refractivity contribution in [3.05, 3.63) is 29.8 Å². The van der Waals surface area contributed by atoms with Crippen LogP contribution in [0.3, 0.4) is 0 Å². The molecule has 1 unspecified atom stereocenters. The molecule has 0 saturated carbocycles. The first kappa shape index (κ1) is 15.5. The molecule has 19 heavy (non-hydrogen) atoms. The van der Waals surface area contributed by atoms with Gasteiger partial charge in [0.2, 0.25) is 5.91 Å². The zero-order valence-corrected chi connectivity index (χ0v) is 12.5. The van der Waals surface area contributed by atoms with Gasteiger partial charge in [0, 0.05) is 20.6 Å². The Morgan fingerprint density at radius 2 is 1.79 bits per heavy atom. The molecule has 0 fully saturated rings. The van der Waals surface area contributed by atoms with Crippen molar-refractivity contribution in [3.8, 4) is 5.75 Å². The highest BCUT2D eigenvalue weighted by Gasteiger charge is 2.19. The summed E-state index contributed by atoms with van der Waals surface area (Å²) in [5.41, 5.74) is 1.17. The van der Waals surface area contributed by atoms with Gasteiger partial charge in [-0.15, -0.1) is 0 Å². The van der Waals surface area contributed by atoms with Crippen LogP contribution in [-0.2, 0) is 11.3 Å². The molecule has 0 N–H and O–H groups in total. The molecule has 0 aliphatic heterocycles. The van der Waals surface area contributed by atoms with E-state index in [2.05, 4.69) is 0 Å². The number of carbonyl (C=O) groups excluding carboxylic acids is 1. The molecular formula is C15H24N2O2. The van der Waals surface area contributed by atoms with Crippen LogP contribution in [0.2, 0.25) is 0 Å². The molecule has 0 saturated heterocycles. The lowest BCUT2D eigenvalue weighted by Crippen LogP contribution is -2.42. The molecule has 0 heterocycles. The maximum Gasteiger partial charge on any atom is 0.239 e. The van der Waals surface area contributed by atoms with E-state index in [1.165, 1.54) is 5.56 Å². The lowest BCUT2D eigenvalue weighted by Gasteiger charge is -2.26. The topological polar surface area (TPSA) is 32.8 Å². The third kappa shape index (κ3) is 4.56. The van der Waals surface area contributed by atoms with Crippen molar-refractivity contribution < 1.29 is 9.53 Å². The van der Waals surface area contributed by atoms with Crippen LogP contribution in [0, 0.1) is 0 Å². The first-order valence-electron chi connectivity index (χ1n) is 6.58. The number of hydrogen-bond acceptors (Lipinski definition) is 3. The smallest absolute Gasteiger partial charge is 0.239 e. The second-order valence-electron chi connectivity index (χ2n) is 4.90. The van der Waals surface area contributed by atoms with Crippen LogP contribution in [0.4, 0.5) is 0 Å². The fourth-order valence-corrected chi connectivity index (χ4v) is 1.84. The Kier molecular flexibility index (Phi) is 5.83. The van der Waals surface area contributed by atoms with Gasteiger partial charge in [-0.2, -0.15) is 0 Å². The Morgan fingerprint density at radius 1 is 1.21 bits per heavy atom. The molecule has 0 spiro atoms. The van der Waals surface area contributed by atoms with Gasteiger partial charge in [0.1, 0.15) is 5.75 Å². The van der Waals surface area contributed by atoms with Gasteiger partial charge >= 0.3 is 0 Å². The van der Waals surface area contributed by atoms with Gasteiger partial charge < -0.3 is 9.64 Å². The molecule has 0 radical (unpaired) electrons. The van der Waals surface area contributed by atoms with E-state index in [1.807, 2.05) is 50.1 Å². The van der Waals surface area contributed by atoms with Crippen molar-refractivity contribution in [1.82, 2.24) is 9.80 Å². The Balaban J connectivity index is 2.61. The third-order valence-electron chi connectivity index (χ3n) is 3.13. The van der Waals surface area contributed by atoms with E-state index in [4.69, 9.17) is 4.74 Å². The largest absolute Gasteiger partial charge is 0.494 e. The van der Waals surface area contributed by atoms with E-state index >= 15 is 0 Å². The summed E-state index contributed by atoms with van der Waals surface area (Å²) in [4.78, 5) is 15.5. The zero-order chi connectivity index (χ0) is 14.4. The minimum atomic E-state index is -0.124. The molecule has 0 aliphatic carbocycles. The number of benzene rings is 1. The van der Waals surface area contributed by atoms with Gasteiger partial charge in [-0.25, -0.2) is 0 Å². The quantitative estimate of drug-likeness (QED) is 0.788. The van der Waals surface area contributed by atoms with E-state index in [0.29, 0.717) is 6.61 Å². The molecule has 1 aromatic carbocycles. The maximum absolute atomic E-state index is 11.9. The molecule has 4 heteroatoms. The lowest BCUT2D eigenvalue weighted by molar-refractivity contribution is -0.133. The van der Waals surface area contributed by atoms with Crippen molar-refractivity contribution in [1.29, 1.82) is 0 Å². The van der Waals surface area contributed by atoms with Gasteiger partial charge in [-0.1, -0.05) is 12.1 Å². The third-order valence-corrected chi connectivity index (χ3v) is 3.13. The molecule has 0 aliphatic rings. The second kappa shape index (κ2) is 7.14. The molecule has 106 valence electrons. The van der Waals surface area contributed by atoms with E-state index < -0.39 is 0 Å². The Bertz CT molecular complexity index is 401. The summed E-state index contributed by atoms with van der Waals surface area (Å²) in [5.74, 6) is 1.000. The average Bonchev–Trinajstić information content (AvgIpc) is 2.39. The molecule has 1 atom stereocenters. The van der Waals surface area contributed by atoms with Crippen molar-refractivity contribution >= 4 is 5.91 Å². The van der Waals surface area contributed by atoms with Crippen LogP contribution in [0.5, 0.6) is 5.75 Å². The first-order valence-corrected chi connectivity index (χ1v) is 6.58. The number of amides is 1. The molecule has 1 amide bonds. The highest BCUT2D eigenvalue weighted by Crippen LogP contribution is 2.14. The summed E-state index contributed by atoms with van der Waals surface area (Å²) in [7, 11) is 5.52. The van der Waals surface area contributed by atoms with Gasteiger partial charge in [-0.3, -0.25) is 9.69 Å². The van der Waals surface area contributed by atoms with Crippen molar-refractivity contribution in [2.45, 2.75) is 26.4 Å². The van der Waals surface area contributed by atoms with E-state index in [-0.39, 0.29) is 11.9 Å². The van der Waals surface area contributed by atoms with Crippen molar-refractivity contribution in [2.75, 3.05) is 27.7 Å². The number of rotatable bonds is 6. The molecular weight excluding hydrogens is 240 g/mol. The zero-order valence-electron chi connectivity index (χ0n) is 12.5. The highest BCUT2D eigenvalue weighted by molar-refractivity contribution is 5.80. The second-order valence-corrected chi connectivity index (χ2v) is 4.90. The van der Waals surface area contributed by atoms with Gasteiger partial charge in [-0.05, 0) is 38.6 Å². The molecule has 1 rings (SSSR count). The van der Waals surface area contributed by atoms with E-state index in [1.54, 1.807) is 19.0 Å². The molecule has 0 aromatic heterocycles. The van der Waals surface area contributed by atoms with Gasteiger partial charge in [0.25, 0.3) is 0 Å². The summed E-state index contributed by atoms with van der Waals surface area (Å²) in [6.07, 6.45) is 0. The number of ether oxygens (including phenoxy) is 1. The predicted octanol–water partition coefficient (Wildman–Crippen LogP) is 1.99. The Labute approximate surface area is 116 Å². The van der Waals surface area contributed by atoms with Crippen molar-refractivity contribution in [3.63, 3.8) is 0 Å². The molecule has 4 nitrogen and oxygen atoms in total. The van der Waals surface area contributed by atoms with Crippen LogP contribution >= 0.6 is 0 Å². The minimum Gasteiger partial charge on any atom is -0.494 e. The van der Waals surface area contributed by atoms with Crippen molar-refractivity contribution in [2.24, 2.45) is 0 Å². The standard InChI is InChI=1S/C15H24N2O2/c1-6-19-14-9-7-13(8-10-14)11-17(5)12(2)15(18)16(3)4/h7-10,12H,6,11H2,1-5H3. The summed E-state index contributed by atoms with van der Waals surface area (Å²) in [6, 6.07) is 7.88. The SMILES string of the molecule is CCOc1ccc(CN(C)C(C)C(=O)N(C)C)cc1. The predicted molar refractivity (Wildman–Crippen MR) is 77.2 cm³/mol. The summed E-state index contributed by atoms with van der Waals surface area (Å²) in [5, 5.41) is 0. The maximum atomic E-state index is 11.9. The monoisotopic (exact) mass is 264 g/mol. The highest BCUT2D eigenvalue weighted by atomic mass is 16.5. The number of likely N-dealkylation sites (N-methyl/N-ethyl adjacent to an activating group) is 2. The lowest BCUT2D eigenvalue weighted by atomic mass is 10.1. The van der Waals surface area contributed by atoms with Crippen LogP contribution in [-0.4, -0.2) is 49.5 Å². The summed E-state index contributed by atoms with van der Waals surface area (Å²) in [6.45, 7) is 5.31. The van der Waals surface area contributed by atoms with Crippen LogP contribution in [0.15, 0.2) is 24.3 Å². The normalized spacial score (nSPS) is 12.3. The fourth-order valence-electron chi connectivity index (χ4n) is 1.84. The minimum absolute atomic E-state index is 0.119. The fraction of sp³-hybridized carbons (Fsp3) is 0.533. The Morgan fingerprint density at radius 3 is 2.26 bits per heavy atom. The summed E-state index contributed by atoms with van der Waals surface area (Å²) >= 11 is 0. The molecule has 0 bridgehead atoms. The van der Waals surface area contributed by atoms with Gasteiger partial charge in [0.15, 0.2) is 0 Å². The molecule has 1 aromatic rings. The van der Waals surface area contributed by atoms with Crippen LogP contribution in [0.1, 0.15) is 19.4 Å². The summed E-state index contributed by atoms with van der Waals surface area (Å²) < 4.78 is 5.41. The first-order chi connectivity index (χ1) is 8.95. The average molecular weight is 264 g/mol. The van der Waals surface area contributed by atoms with E-state index in [9.17, 15) is 4.79 Å².